The van der Waals surface area contributed by atoms with Crippen LogP contribution in [0.1, 0.15) is 53.4 Å². The van der Waals surface area contributed by atoms with Crippen LogP contribution in [0.25, 0.3) is 0 Å². The van der Waals surface area contributed by atoms with Crippen LogP contribution in [-0.4, -0.2) is 47.9 Å². The lowest BCUT2D eigenvalue weighted by Gasteiger charge is -2.62. The number of cyclic esters (lactones) is 1. The van der Waals surface area contributed by atoms with E-state index in [1.165, 1.54) is 6.92 Å². The van der Waals surface area contributed by atoms with Gasteiger partial charge in [0, 0.05) is 18.8 Å². The number of carbonyl (C=O) groups is 4. The van der Waals surface area contributed by atoms with E-state index in [-0.39, 0.29) is 24.7 Å². The van der Waals surface area contributed by atoms with Crippen molar-refractivity contribution in [1.29, 1.82) is 0 Å². The third kappa shape index (κ3) is 2.47. The summed E-state index contributed by atoms with van der Waals surface area (Å²) in [5.41, 5.74) is -2.60. The molecule has 3 aliphatic carbocycles. The predicted molar refractivity (Wildman–Crippen MR) is 105 cm³/mol. The summed E-state index contributed by atoms with van der Waals surface area (Å²) in [5.74, 6) is -3.13. The second kappa shape index (κ2) is 6.74. The van der Waals surface area contributed by atoms with Gasteiger partial charge in [0.2, 0.25) is 0 Å². The van der Waals surface area contributed by atoms with E-state index in [0.29, 0.717) is 24.8 Å². The Morgan fingerprint density at radius 2 is 2.00 bits per heavy atom. The summed E-state index contributed by atoms with van der Waals surface area (Å²) in [6.07, 6.45) is 2.58. The number of ketones is 1. The molecule has 1 saturated heterocycles. The average Bonchev–Trinajstić information content (AvgIpc) is 2.88. The highest BCUT2D eigenvalue weighted by atomic mass is 16.6. The van der Waals surface area contributed by atoms with Crippen molar-refractivity contribution in [2.75, 3.05) is 6.61 Å². The molecule has 1 aliphatic heterocycles. The summed E-state index contributed by atoms with van der Waals surface area (Å²) in [6.45, 7) is 6.85. The maximum atomic E-state index is 13.6. The van der Waals surface area contributed by atoms with Gasteiger partial charge in [-0.2, -0.15) is 0 Å². The molecule has 4 fully saturated rings. The summed E-state index contributed by atoms with van der Waals surface area (Å²) >= 11 is 0. The molecule has 30 heavy (non-hydrogen) atoms. The molecule has 0 aromatic rings. The first-order valence-corrected chi connectivity index (χ1v) is 10.7. The van der Waals surface area contributed by atoms with Crippen LogP contribution in [0.4, 0.5) is 0 Å². The first-order chi connectivity index (χ1) is 14.1. The summed E-state index contributed by atoms with van der Waals surface area (Å²) < 4.78 is 11.4. The number of aliphatic hydroxyl groups is 1. The number of allylic oxidation sites excluding steroid dienone is 2. The van der Waals surface area contributed by atoms with E-state index in [2.05, 4.69) is 0 Å². The maximum Gasteiger partial charge on any atom is 0.320 e. The molecule has 7 heteroatoms. The number of esters is 2. The first-order valence-electron chi connectivity index (χ1n) is 10.7. The third-order valence-corrected chi connectivity index (χ3v) is 8.34. The molecular weight excluding hydrogens is 388 g/mol. The Hall–Kier alpha value is -2.02. The number of Topliss-reactive ketones (excluding diaryl/α,β-unsaturated/α-hetero) is 1. The lowest BCUT2D eigenvalue weighted by Crippen LogP contribution is -2.71. The summed E-state index contributed by atoms with van der Waals surface area (Å²) in [4.78, 5) is 51.2. The molecule has 0 radical (unpaired) electrons. The number of ether oxygens (including phenoxy) is 2. The molecule has 0 aromatic heterocycles. The molecule has 164 valence electrons. The van der Waals surface area contributed by atoms with Crippen LogP contribution in [0.2, 0.25) is 0 Å². The molecule has 1 heterocycles. The van der Waals surface area contributed by atoms with Crippen LogP contribution >= 0.6 is 0 Å². The molecule has 1 N–H and O–H groups in total. The van der Waals surface area contributed by atoms with Crippen molar-refractivity contribution in [3.8, 4) is 0 Å². The highest BCUT2D eigenvalue weighted by Crippen LogP contribution is 2.68. The van der Waals surface area contributed by atoms with E-state index in [4.69, 9.17) is 9.47 Å². The predicted octanol–water partition coefficient (Wildman–Crippen LogP) is 2.00. The fourth-order valence-electron chi connectivity index (χ4n) is 7.28. The van der Waals surface area contributed by atoms with Crippen molar-refractivity contribution in [2.45, 2.75) is 65.6 Å². The molecular formula is C23H30O7. The number of aldehydes is 1. The van der Waals surface area contributed by atoms with E-state index >= 15 is 0 Å². The Morgan fingerprint density at radius 1 is 1.30 bits per heavy atom. The minimum atomic E-state index is -1.53. The minimum absolute atomic E-state index is 0.150. The van der Waals surface area contributed by atoms with Gasteiger partial charge in [0.25, 0.3) is 0 Å². The van der Waals surface area contributed by atoms with Gasteiger partial charge < -0.3 is 19.4 Å². The molecule has 0 unspecified atom stereocenters. The molecule has 0 aromatic carbocycles. The van der Waals surface area contributed by atoms with Crippen molar-refractivity contribution in [3.63, 3.8) is 0 Å². The molecule has 0 amide bonds. The lowest BCUT2D eigenvalue weighted by molar-refractivity contribution is -0.253. The Labute approximate surface area is 176 Å². The molecule has 2 bridgehead atoms. The minimum Gasteiger partial charge on any atom is -0.464 e. The van der Waals surface area contributed by atoms with E-state index < -0.39 is 52.2 Å². The third-order valence-electron chi connectivity index (χ3n) is 8.34. The zero-order chi connectivity index (χ0) is 22.1. The van der Waals surface area contributed by atoms with Crippen LogP contribution in [0, 0.1) is 34.0 Å². The smallest absolute Gasteiger partial charge is 0.320 e. The monoisotopic (exact) mass is 418 g/mol. The van der Waals surface area contributed by atoms with E-state index in [1.807, 2.05) is 13.8 Å². The summed E-state index contributed by atoms with van der Waals surface area (Å²) in [6, 6.07) is 0. The van der Waals surface area contributed by atoms with Gasteiger partial charge in [0.15, 0.2) is 5.78 Å². The van der Waals surface area contributed by atoms with Crippen molar-refractivity contribution < 1.29 is 33.8 Å². The molecule has 3 saturated carbocycles. The molecule has 4 aliphatic rings. The van der Waals surface area contributed by atoms with Crippen molar-refractivity contribution in [3.05, 3.63) is 11.6 Å². The standard InChI is InChI=1S/C23H30O7/c1-5-14-13-8-15(26)18-22(9-13,19(14)27)20(28)29-11-23(18)16(10-24)21(3,4)7-6-17(23)30-12(2)25/h5,10,13,15-18,26H,6-9,11H2,1-4H3/b14-5+/t13-,15+,16-,17+,18-,22+,23+/m1/s1. The molecule has 7 nitrogen and oxygen atoms in total. The van der Waals surface area contributed by atoms with Crippen LogP contribution in [0.3, 0.4) is 0 Å². The second-order valence-corrected chi connectivity index (χ2v) is 10.2. The molecule has 4 rings (SSSR count). The van der Waals surface area contributed by atoms with Gasteiger partial charge in [0.05, 0.1) is 11.5 Å². The first kappa shape index (κ1) is 21.2. The van der Waals surface area contributed by atoms with Crippen molar-refractivity contribution in [1.82, 2.24) is 0 Å². The maximum absolute atomic E-state index is 13.6. The highest BCUT2D eigenvalue weighted by Gasteiger charge is 2.76. The van der Waals surface area contributed by atoms with E-state index in [0.717, 1.165) is 6.29 Å². The number of aliphatic hydroxyl groups excluding tert-OH is 1. The van der Waals surface area contributed by atoms with Gasteiger partial charge in [-0.25, -0.2) is 0 Å². The molecule has 7 atom stereocenters. The second-order valence-electron chi connectivity index (χ2n) is 10.2. The Bertz CT molecular complexity index is 842. The SMILES string of the molecule is C/C=C1/C(=O)[C@]23C[C@H]1C[C@H](O)[C@H]2[C@]1(COC3=O)[C@@H](OC(C)=O)CCC(C)(C)[C@H]1C=O. The highest BCUT2D eigenvalue weighted by molar-refractivity contribution is 6.15. The van der Waals surface area contributed by atoms with Gasteiger partial charge in [-0.15, -0.1) is 0 Å². The van der Waals surface area contributed by atoms with Gasteiger partial charge >= 0.3 is 11.9 Å². The summed E-state index contributed by atoms with van der Waals surface area (Å²) in [5, 5.41) is 11.3. The number of fused-ring (bicyclic) bond motifs is 2. The fraction of sp³-hybridized carbons (Fsp3) is 0.739. The Kier molecular flexibility index (Phi) is 4.77. The van der Waals surface area contributed by atoms with Crippen LogP contribution in [0.5, 0.6) is 0 Å². The van der Waals surface area contributed by atoms with Gasteiger partial charge in [0.1, 0.15) is 24.4 Å². The van der Waals surface area contributed by atoms with Crippen LogP contribution < -0.4 is 0 Å². The lowest BCUT2D eigenvalue weighted by atomic mass is 9.43. The zero-order valence-electron chi connectivity index (χ0n) is 18.0. The van der Waals surface area contributed by atoms with Gasteiger partial charge in [-0.3, -0.25) is 14.4 Å². The largest absolute Gasteiger partial charge is 0.464 e. The van der Waals surface area contributed by atoms with Crippen LogP contribution in [-0.2, 0) is 28.7 Å². The van der Waals surface area contributed by atoms with Crippen molar-refractivity contribution >= 4 is 24.0 Å². The fourth-order valence-corrected chi connectivity index (χ4v) is 7.28. The summed E-state index contributed by atoms with van der Waals surface area (Å²) in [7, 11) is 0. The normalized spacial score (nSPS) is 45.8. The van der Waals surface area contributed by atoms with Gasteiger partial charge in [-0.05, 0) is 49.5 Å². The number of hydrogen-bond donors (Lipinski definition) is 1. The Morgan fingerprint density at radius 3 is 2.60 bits per heavy atom. The quantitative estimate of drug-likeness (QED) is 0.316. The van der Waals surface area contributed by atoms with E-state index in [1.54, 1.807) is 13.0 Å². The topological polar surface area (TPSA) is 107 Å². The van der Waals surface area contributed by atoms with Gasteiger partial charge in [-0.1, -0.05) is 19.9 Å². The Balaban J connectivity index is 1.97. The number of carbonyl (C=O) groups excluding carboxylic acids is 4. The number of hydrogen-bond acceptors (Lipinski definition) is 7. The molecule has 2 spiro atoms. The average molecular weight is 418 g/mol. The van der Waals surface area contributed by atoms with Crippen LogP contribution in [0.15, 0.2) is 11.6 Å². The van der Waals surface area contributed by atoms with E-state index in [9.17, 15) is 24.3 Å². The van der Waals surface area contributed by atoms with Crippen molar-refractivity contribution in [2.24, 2.45) is 34.0 Å². The zero-order valence-corrected chi connectivity index (χ0v) is 18.0. The number of rotatable bonds is 2.